The Morgan fingerprint density at radius 1 is 1.20 bits per heavy atom. The number of hydrogen-bond donors (Lipinski definition) is 1. The van der Waals surface area contributed by atoms with Crippen molar-refractivity contribution in [2.24, 2.45) is 5.73 Å². The van der Waals surface area contributed by atoms with Crippen molar-refractivity contribution >= 4 is 11.6 Å². The third kappa shape index (κ3) is 3.40. The number of benzene rings is 1. The molecule has 5 heteroatoms. The van der Waals surface area contributed by atoms with E-state index >= 15 is 0 Å². The maximum atomic E-state index is 6.11. The zero-order chi connectivity index (χ0) is 14.4. The van der Waals surface area contributed by atoms with E-state index in [4.69, 9.17) is 26.8 Å². The second kappa shape index (κ2) is 7.12. The highest BCUT2D eigenvalue weighted by molar-refractivity contribution is 6.31. The molecule has 0 aliphatic rings. The zero-order valence-electron chi connectivity index (χ0n) is 11.3. The van der Waals surface area contributed by atoms with E-state index in [-0.39, 0.29) is 0 Å². The van der Waals surface area contributed by atoms with Gasteiger partial charge in [-0.05, 0) is 30.7 Å². The smallest absolute Gasteiger partial charge is 0.262 e. The molecule has 0 aliphatic carbocycles. The molecule has 0 bridgehead atoms. The number of hydrogen-bond acceptors (Lipinski definition) is 4. The first kappa shape index (κ1) is 14.6. The summed E-state index contributed by atoms with van der Waals surface area (Å²) < 4.78 is 11.4. The van der Waals surface area contributed by atoms with Crippen LogP contribution in [0.3, 0.4) is 0 Å². The molecule has 1 aromatic heterocycles. The maximum Gasteiger partial charge on any atom is 0.262 e. The van der Waals surface area contributed by atoms with Gasteiger partial charge in [0.15, 0.2) is 5.75 Å². The number of aromatic nitrogens is 1. The van der Waals surface area contributed by atoms with Crippen molar-refractivity contribution in [3.63, 3.8) is 0 Å². The number of pyridine rings is 1. The van der Waals surface area contributed by atoms with Crippen LogP contribution in [-0.4, -0.2) is 11.6 Å². The van der Waals surface area contributed by atoms with Crippen molar-refractivity contribution in [1.29, 1.82) is 0 Å². The lowest BCUT2D eigenvalue weighted by Crippen LogP contribution is -2.02. The van der Waals surface area contributed by atoms with E-state index < -0.39 is 0 Å². The van der Waals surface area contributed by atoms with Gasteiger partial charge in [-0.1, -0.05) is 24.6 Å². The van der Waals surface area contributed by atoms with Gasteiger partial charge in [0.2, 0.25) is 0 Å². The van der Waals surface area contributed by atoms with Crippen molar-refractivity contribution in [3.8, 4) is 17.4 Å². The fourth-order valence-electron chi connectivity index (χ4n) is 1.71. The van der Waals surface area contributed by atoms with Crippen molar-refractivity contribution in [2.75, 3.05) is 6.61 Å². The second-order valence-electron chi connectivity index (χ2n) is 4.18. The molecule has 0 spiro atoms. The maximum absolute atomic E-state index is 6.11. The van der Waals surface area contributed by atoms with E-state index in [1.54, 1.807) is 18.3 Å². The molecule has 0 aliphatic heterocycles. The Bertz CT molecular complexity index is 576. The normalized spacial score (nSPS) is 10.3. The lowest BCUT2D eigenvalue weighted by atomic mass is 10.2. The SMILES string of the molecule is CCCOc1cccnc1Oc1cccc(Cl)c1CN. The lowest BCUT2D eigenvalue weighted by molar-refractivity contribution is 0.297. The van der Waals surface area contributed by atoms with Gasteiger partial charge in [0.05, 0.1) is 6.61 Å². The predicted octanol–water partition coefficient (Wildman–Crippen LogP) is 3.77. The largest absolute Gasteiger partial charge is 0.488 e. The third-order valence-corrected chi connectivity index (χ3v) is 3.04. The Hall–Kier alpha value is -1.78. The van der Waals surface area contributed by atoms with Crippen LogP contribution in [0.25, 0.3) is 0 Å². The first-order valence-corrected chi connectivity index (χ1v) is 6.87. The quantitative estimate of drug-likeness (QED) is 0.880. The number of ether oxygens (including phenoxy) is 2. The standard InChI is InChI=1S/C15H17ClN2O2/c1-2-9-19-14-7-4-8-18-15(14)20-13-6-3-5-12(16)11(13)10-17/h3-8H,2,9-10,17H2,1H3. The number of rotatable bonds is 6. The van der Waals surface area contributed by atoms with E-state index in [1.807, 2.05) is 25.1 Å². The molecule has 2 rings (SSSR count). The summed E-state index contributed by atoms with van der Waals surface area (Å²) in [6, 6.07) is 9.03. The van der Waals surface area contributed by atoms with Crippen LogP contribution in [-0.2, 0) is 6.54 Å². The number of halogens is 1. The van der Waals surface area contributed by atoms with Gasteiger partial charge in [-0.2, -0.15) is 0 Å². The average Bonchev–Trinajstić information content (AvgIpc) is 2.47. The topological polar surface area (TPSA) is 57.4 Å². The molecule has 0 atom stereocenters. The Labute approximate surface area is 123 Å². The monoisotopic (exact) mass is 292 g/mol. The second-order valence-corrected chi connectivity index (χ2v) is 4.59. The number of nitrogens with two attached hydrogens (primary N) is 1. The van der Waals surface area contributed by atoms with Crippen LogP contribution >= 0.6 is 11.6 Å². The molecule has 0 fully saturated rings. The van der Waals surface area contributed by atoms with Gasteiger partial charge in [-0.25, -0.2) is 4.98 Å². The Kier molecular flexibility index (Phi) is 5.21. The van der Waals surface area contributed by atoms with E-state index in [2.05, 4.69) is 4.98 Å². The summed E-state index contributed by atoms with van der Waals surface area (Å²) in [5.74, 6) is 1.62. The van der Waals surface area contributed by atoms with Crippen LogP contribution in [0.2, 0.25) is 5.02 Å². The van der Waals surface area contributed by atoms with Crippen molar-refractivity contribution in [2.45, 2.75) is 19.9 Å². The molecule has 0 unspecified atom stereocenters. The minimum absolute atomic E-state index is 0.299. The summed E-state index contributed by atoms with van der Waals surface area (Å²) >= 11 is 6.11. The van der Waals surface area contributed by atoms with Crippen molar-refractivity contribution in [3.05, 3.63) is 47.1 Å². The molecular weight excluding hydrogens is 276 g/mol. The van der Waals surface area contributed by atoms with Gasteiger partial charge in [-0.3, -0.25) is 0 Å². The Balaban J connectivity index is 2.28. The van der Waals surface area contributed by atoms with Gasteiger partial charge >= 0.3 is 0 Å². The predicted molar refractivity (Wildman–Crippen MR) is 79.4 cm³/mol. The molecule has 0 saturated heterocycles. The minimum atomic E-state index is 0.299. The van der Waals surface area contributed by atoms with Gasteiger partial charge in [0, 0.05) is 23.3 Å². The van der Waals surface area contributed by atoms with Gasteiger partial charge in [0.25, 0.3) is 5.88 Å². The van der Waals surface area contributed by atoms with Crippen LogP contribution in [0.4, 0.5) is 0 Å². The van der Waals surface area contributed by atoms with Gasteiger partial charge in [-0.15, -0.1) is 0 Å². The fourth-order valence-corrected chi connectivity index (χ4v) is 1.95. The molecular formula is C15H17ClN2O2. The summed E-state index contributed by atoms with van der Waals surface area (Å²) in [5.41, 5.74) is 6.46. The van der Waals surface area contributed by atoms with Crippen LogP contribution in [0.1, 0.15) is 18.9 Å². The lowest BCUT2D eigenvalue weighted by Gasteiger charge is -2.13. The van der Waals surface area contributed by atoms with Gasteiger partial charge in [0.1, 0.15) is 5.75 Å². The Morgan fingerprint density at radius 3 is 2.75 bits per heavy atom. The summed E-state index contributed by atoms with van der Waals surface area (Å²) in [7, 11) is 0. The molecule has 2 aromatic rings. The molecule has 1 aromatic carbocycles. The summed E-state index contributed by atoms with van der Waals surface area (Å²) in [5, 5.41) is 0.581. The minimum Gasteiger partial charge on any atom is -0.488 e. The summed E-state index contributed by atoms with van der Waals surface area (Å²) in [4.78, 5) is 4.20. The van der Waals surface area contributed by atoms with Gasteiger partial charge < -0.3 is 15.2 Å². The highest BCUT2D eigenvalue weighted by Gasteiger charge is 2.11. The van der Waals surface area contributed by atoms with Crippen LogP contribution in [0.5, 0.6) is 17.4 Å². The zero-order valence-corrected chi connectivity index (χ0v) is 12.1. The van der Waals surface area contributed by atoms with Crippen LogP contribution in [0, 0.1) is 0 Å². The highest BCUT2D eigenvalue weighted by Crippen LogP contribution is 2.33. The van der Waals surface area contributed by atoms with Crippen molar-refractivity contribution in [1.82, 2.24) is 4.98 Å². The van der Waals surface area contributed by atoms with Crippen molar-refractivity contribution < 1.29 is 9.47 Å². The summed E-state index contributed by atoms with van der Waals surface area (Å²) in [6.07, 6.45) is 2.57. The first-order valence-electron chi connectivity index (χ1n) is 6.49. The molecule has 0 saturated carbocycles. The molecule has 4 nitrogen and oxygen atoms in total. The number of nitrogens with zero attached hydrogens (tertiary/aromatic N) is 1. The molecule has 1 heterocycles. The molecule has 2 N–H and O–H groups in total. The highest BCUT2D eigenvalue weighted by atomic mass is 35.5. The van der Waals surface area contributed by atoms with E-state index in [0.717, 1.165) is 12.0 Å². The van der Waals surface area contributed by atoms with Crippen LogP contribution < -0.4 is 15.2 Å². The van der Waals surface area contributed by atoms with Crippen LogP contribution in [0.15, 0.2) is 36.5 Å². The fraction of sp³-hybridized carbons (Fsp3) is 0.267. The van der Waals surface area contributed by atoms with E-state index in [1.165, 1.54) is 0 Å². The molecule has 20 heavy (non-hydrogen) atoms. The molecule has 0 radical (unpaired) electrons. The van der Waals surface area contributed by atoms with E-state index in [0.29, 0.717) is 35.6 Å². The third-order valence-electron chi connectivity index (χ3n) is 2.68. The molecule has 0 amide bonds. The molecule has 106 valence electrons. The Morgan fingerprint density at radius 2 is 2.00 bits per heavy atom. The van der Waals surface area contributed by atoms with E-state index in [9.17, 15) is 0 Å². The first-order chi connectivity index (χ1) is 9.76. The average molecular weight is 293 g/mol. The summed E-state index contributed by atoms with van der Waals surface area (Å²) in [6.45, 7) is 2.95.